The molecule has 2 rings (SSSR count). The Labute approximate surface area is 125 Å². The van der Waals surface area contributed by atoms with Crippen LogP contribution in [0, 0.1) is 11.8 Å². The molecule has 1 saturated heterocycles. The molecule has 1 heterocycles. The van der Waals surface area contributed by atoms with Crippen LogP contribution in [0.4, 0.5) is 0 Å². The van der Waals surface area contributed by atoms with Crippen LogP contribution in [-0.4, -0.2) is 58.4 Å². The highest BCUT2D eigenvalue weighted by molar-refractivity contribution is 5.92. The number of piperazine rings is 1. The Morgan fingerprint density at radius 3 is 2.43 bits per heavy atom. The van der Waals surface area contributed by atoms with Crippen LogP contribution in [0.1, 0.15) is 39.5 Å². The van der Waals surface area contributed by atoms with E-state index in [1.807, 2.05) is 0 Å². The Hall–Kier alpha value is -1.59. The number of nitrogens with zero attached hydrogens (tertiary/aromatic N) is 2. The second kappa shape index (κ2) is 5.66. The van der Waals surface area contributed by atoms with E-state index in [0.717, 1.165) is 12.8 Å². The van der Waals surface area contributed by atoms with Crippen LogP contribution >= 0.6 is 0 Å². The summed E-state index contributed by atoms with van der Waals surface area (Å²) in [6.45, 7) is 4.58. The summed E-state index contributed by atoms with van der Waals surface area (Å²) < 4.78 is 0. The molecule has 1 aliphatic heterocycles. The number of hydrogen-bond donors (Lipinski definition) is 1. The first-order valence-corrected chi connectivity index (χ1v) is 7.55. The Morgan fingerprint density at radius 1 is 1.19 bits per heavy atom. The van der Waals surface area contributed by atoms with Crippen LogP contribution in [0.2, 0.25) is 0 Å². The Kier molecular flexibility index (Phi) is 4.25. The molecule has 118 valence electrons. The average Bonchev–Trinajstić information content (AvgIpc) is 2.44. The van der Waals surface area contributed by atoms with Crippen molar-refractivity contribution in [2.45, 2.75) is 45.1 Å². The van der Waals surface area contributed by atoms with E-state index < -0.39 is 17.4 Å². The van der Waals surface area contributed by atoms with Gasteiger partial charge in [0.2, 0.25) is 11.8 Å². The average molecular weight is 296 g/mol. The molecular formula is C15H24N2O4. The molecule has 2 fully saturated rings. The van der Waals surface area contributed by atoms with Crippen molar-refractivity contribution in [1.82, 2.24) is 9.80 Å². The van der Waals surface area contributed by atoms with Gasteiger partial charge in [0.15, 0.2) is 0 Å². The van der Waals surface area contributed by atoms with Gasteiger partial charge in [-0.15, -0.1) is 0 Å². The number of hydrogen-bond acceptors (Lipinski definition) is 3. The van der Waals surface area contributed by atoms with Gasteiger partial charge in [-0.25, -0.2) is 0 Å². The first-order valence-electron chi connectivity index (χ1n) is 7.55. The fourth-order valence-corrected chi connectivity index (χ4v) is 3.46. The van der Waals surface area contributed by atoms with Crippen molar-refractivity contribution in [3.63, 3.8) is 0 Å². The zero-order valence-corrected chi connectivity index (χ0v) is 13.0. The van der Waals surface area contributed by atoms with E-state index in [2.05, 4.69) is 0 Å². The van der Waals surface area contributed by atoms with Crippen molar-refractivity contribution in [3.8, 4) is 0 Å². The fourth-order valence-electron chi connectivity index (χ4n) is 3.46. The molecule has 1 N–H and O–H groups in total. The highest BCUT2D eigenvalue weighted by Gasteiger charge is 2.45. The van der Waals surface area contributed by atoms with Gasteiger partial charge in [-0.05, 0) is 33.1 Å². The number of amides is 2. The minimum absolute atomic E-state index is 0.0623. The van der Waals surface area contributed by atoms with Gasteiger partial charge in [-0.2, -0.15) is 0 Å². The number of rotatable bonds is 2. The van der Waals surface area contributed by atoms with Gasteiger partial charge in [-0.1, -0.05) is 6.42 Å². The maximum Gasteiger partial charge on any atom is 0.306 e. The van der Waals surface area contributed by atoms with Crippen molar-refractivity contribution >= 4 is 17.8 Å². The second-order valence-electron chi connectivity index (χ2n) is 6.67. The van der Waals surface area contributed by atoms with Crippen molar-refractivity contribution in [2.75, 3.05) is 20.1 Å². The molecule has 0 aromatic heterocycles. The maximum absolute atomic E-state index is 12.8. The zero-order chi connectivity index (χ0) is 15.8. The standard InChI is InChI=1S/C15H24N2O4/c1-15(2)14(21)16(3)7-8-17(15)12(18)10-5-4-6-11(9-10)13(19)20/h10-11H,4-9H2,1-3H3,(H,19,20). The number of carboxylic acid groups (broad SMARTS) is 1. The first kappa shape index (κ1) is 15.8. The van der Waals surface area contributed by atoms with E-state index in [9.17, 15) is 14.4 Å². The molecule has 0 aromatic carbocycles. The number of carbonyl (C=O) groups is 3. The molecule has 2 atom stereocenters. The lowest BCUT2D eigenvalue weighted by atomic mass is 9.80. The normalized spacial score (nSPS) is 29.4. The summed E-state index contributed by atoms with van der Waals surface area (Å²) in [5, 5.41) is 9.14. The summed E-state index contributed by atoms with van der Waals surface area (Å²) in [6, 6.07) is 0. The van der Waals surface area contributed by atoms with E-state index >= 15 is 0 Å². The van der Waals surface area contributed by atoms with Gasteiger partial charge in [0.25, 0.3) is 0 Å². The van der Waals surface area contributed by atoms with Crippen LogP contribution in [0.5, 0.6) is 0 Å². The smallest absolute Gasteiger partial charge is 0.306 e. The molecule has 6 nitrogen and oxygen atoms in total. The van der Waals surface area contributed by atoms with Crippen molar-refractivity contribution in [1.29, 1.82) is 0 Å². The first-order chi connectivity index (χ1) is 9.75. The molecule has 0 bridgehead atoms. The quantitative estimate of drug-likeness (QED) is 0.823. The number of carbonyl (C=O) groups excluding carboxylic acids is 2. The van der Waals surface area contributed by atoms with E-state index in [1.54, 1.807) is 30.7 Å². The fraction of sp³-hybridized carbons (Fsp3) is 0.800. The molecule has 2 amide bonds. The molecule has 1 aliphatic carbocycles. The van der Waals surface area contributed by atoms with Crippen LogP contribution in [-0.2, 0) is 14.4 Å². The molecule has 6 heteroatoms. The summed E-state index contributed by atoms with van der Waals surface area (Å²) in [5.74, 6) is -1.64. The number of carboxylic acids is 1. The van der Waals surface area contributed by atoms with Gasteiger partial charge in [-0.3, -0.25) is 14.4 Å². The Morgan fingerprint density at radius 2 is 1.81 bits per heavy atom. The van der Waals surface area contributed by atoms with Crippen LogP contribution < -0.4 is 0 Å². The predicted octanol–water partition coefficient (Wildman–Crippen LogP) is 0.957. The third kappa shape index (κ3) is 2.89. The lowest BCUT2D eigenvalue weighted by Gasteiger charge is -2.46. The highest BCUT2D eigenvalue weighted by Crippen LogP contribution is 2.33. The molecular weight excluding hydrogens is 272 g/mol. The van der Waals surface area contributed by atoms with Crippen LogP contribution in [0.3, 0.4) is 0 Å². The molecule has 2 aliphatic rings. The van der Waals surface area contributed by atoms with Gasteiger partial charge < -0.3 is 14.9 Å². The lowest BCUT2D eigenvalue weighted by molar-refractivity contribution is -0.161. The van der Waals surface area contributed by atoms with Crippen LogP contribution in [0.15, 0.2) is 0 Å². The minimum atomic E-state index is -0.847. The summed E-state index contributed by atoms with van der Waals surface area (Å²) >= 11 is 0. The molecule has 0 aromatic rings. The number of aliphatic carboxylic acids is 1. The topological polar surface area (TPSA) is 77.9 Å². The van der Waals surface area contributed by atoms with E-state index in [0.29, 0.717) is 25.9 Å². The highest BCUT2D eigenvalue weighted by atomic mass is 16.4. The Bertz CT molecular complexity index is 461. The molecule has 0 spiro atoms. The summed E-state index contributed by atoms with van der Waals surface area (Å²) in [4.78, 5) is 39.4. The third-order valence-electron chi connectivity index (χ3n) is 4.84. The molecule has 1 saturated carbocycles. The monoisotopic (exact) mass is 296 g/mol. The Balaban J connectivity index is 2.12. The molecule has 0 radical (unpaired) electrons. The number of likely N-dealkylation sites (N-methyl/N-ethyl adjacent to an activating group) is 1. The largest absolute Gasteiger partial charge is 0.481 e. The zero-order valence-electron chi connectivity index (χ0n) is 13.0. The summed E-state index contributed by atoms with van der Waals surface area (Å²) in [7, 11) is 1.74. The second-order valence-corrected chi connectivity index (χ2v) is 6.67. The van der Waals surface area contributed by atoms with E-state index in [4.69, 9.17) is 5.11 Å². The van der Waals surface area contributed by atoms with Crippen molar-refractivity contribution < 1.29 is 19.5 Å². The summed E-state index contributed by atoms with van der Waals surface area (Å²) in [5.41, 5.74) is -0.847. The van der Waals surface area contributed by atoms with Gasteiger partial charge in [0.05, 0.1) is 5.92 Å². The van der Waals surface area contributed by atoms with Crippen molar-refractivity contribution in [3.05, 3.63) is 0 Å². The molecule has 21 heavy (non-hydrogen) atoms. The maximum atomic E-state index is 12.8. The van der Waals surface area contributed by atoms with Gasteiger partial charge in [0, 0.05) is 26.1 Å². The lowest BCUT2D eigenvalue weighted by Crippen LogP contribution is -2.64. The van der Waals surface area contributed by atoms with Gasteiger partial charge >= 0.3 is 5.97 Å². The predicted molar refractivity (Wildman–Crippen MR) is 76.5 cm³/mol. The van der Waals surface area contributed by atoms with Crippen molar-refractivity contribution in [2.24, 2.45) is 11.8 Å². The minimum Gasteiger partial charge on any atom is -0.481 e. The molecule has 2 unspecified atom stereocenters. The van der Waals surface area contributed by atoms with E-state index in [1.165, 1.54) is 0 Å². The SMILES string of the molecule is CN1CCN(C(=O)C2CCCC(C(=O)O)C2)C(C)(C)C1=O. The van der Waals surface area contributed by atoms with Gasteiger partial charge in [0.1, 0.15) is 5.54 Å². The van der Waals surface area contributed by atoms with Crippen LogP contribution in [0.25, 0.3) is 0 Å². The summed E-state index contributed by atoms with van der Waals surface area (Å²) in [6.07, 6.45) is 2.52. The van der Waals surface area contributed by atoms with E-state index in [-0.39, 0.29) is 17.7 Å². The third-order valence-corrected chi connectivity index (χ3v) is 4.84.